The van der Waals surface area contributed by atoms with Gasteiger partial charge in [0, 0.05) is 22.8 Å². The first-order valence-corrected chi connectivity index (χ1v) is 7.44. The van der Waals surface area contributed by atoms with Gasteiger partial charge in [0.05, 0.1) is 0 Å². The van der Waals surface area contributed by atoms with Crippen LogP contribution < -0.4 is 10.5 Å². The van der Waals surface area contributed by atoms with Gasteiger partial charge in [-0.05, 0) is 42.8 Å². The maximum absolute atomic E-state index is 5.96. The van der Waals surface area contributed by atoms with E-state index in [1.54, 1.807) is 0 Å². The molecule has 1 aliphatic heterocycles. The molecule has 19 heavy (non-hydrogen) atoms. The molecule has 0 aliphatic carbocycles. The van der Waals surface area contributed by atoms with Crippen LogP contribution in [0, 0.1) is 6.92 Å². The number of hydrogen-bond donors (Lipinski definition) is 1. The van der Waals surface area contributed by atoms with Gasteiger partial charge in [-0.2, -0.15) is 0 Å². The van der Waals surface area contributed by atoms with Gasteiger partial charge in [0.25, 0.3) is 0 Å². The highest BCUT2D eigenvalue weighted by molar-refractivity contribution is 7.99. The zero-order valence-corrected chi connectivity index (χ0v) is 11.7. The summed E-state index contributed by atoms with van der Waals surface area (Å²) in [6, 6.07) is 14.4. The van der Waals surface area contributed by atoms with Crippen LogP contribution in [0.4, 0.5) is 5.69 Å². The number of thioether (sulfide) groups is 1. The smallest absolute Gasteiger partial charge is 0.123 e. The number of hydrogen-bond acceptors (Lipinski definition) is 3. The van der Waals surface area contributed by atoms with Gasteiger partial charge < -0.3 is 10.5 Å². The van der Waals surface area contributed by atoms with E-state index in [0.717, 1.165) is 23.6 Å². The maximum atomic E-state index is 5.96. The normalized spacial score (nSPS) is 17.0. The number of anilines is 1. The summed E-state index contributed by atoms with van der Waals surface area (Å²) in [5.74, 6) is 2.02. The molecular formula is C16H17NOS. The Kier molecular flexibility index (Phi) is 3.38. The third kappa shape index (κ3) is 2.87. The predicted octanol–water partition coefficient (Wildman–Crippen LogP) is 3.67. The Labute approximate surface area is 118 Å². The molecule has 1 heterocycles. The summed E-state index contributed by atoms with van der Waals surface area (Å²) in [6.45, 7) is 2.12. The Balaban J connectivity index is 1.60. The minimum atomic E-state index is 0.277. The largest absolute Gasteiger partial charge is 0.489 e. The lowest BCUT2D eigenvalue weighted by Crippen LogP contribution is -2.15. The molecule has 0 saturated carbocycles. The van der Waals surface area contributed by atoms with E-state index in [4.69, 9.17) is 10.5 Å². The van der Waals surface area contributed by atoms with Crippen molar-refractivity contribution in [3.63, 3.8) is 0 Å². The Morgan fingerprint density at radius 1 is 1.21 bits per heavy atom. The summed E-state index contributed by atoms with van der Waals surface area (Å²) in [7, 11) is 0. The van der Waals surface area contributed by atoms with Gasteiger partial charge in [-0.1, -0.05) is 17.7 Å². The molecule has 0 amide bonds. The van der Waals surface area contributed by atoms with Crippen molar-refractivity contribution in [1.82, 2.24) is 0 Å². The first-order valence-electron chi connectivity index (χ1n) is 6.45. The number of ether oxygens (including phenoxy) is 1. The molecule has 0 fully saturated rings. The summed E-state index contributed by atoms with van der Waals surface area (Å²) >= 11 is 1.82. The van der Waals surface area contributed by atoms with Crippen LogP contribution in [0.5, 0.6) is 5.75 Å². The predicted molar refractivity (Wildman–Crippen MR) is 80.9 cm³/mol. The third-order valence-electron chi connectivity index (χ3n) is 3.27. The van der Waals surface area contributed by atoms with E-state index in [1.165, 1.54) is 16.0 Å². The Morgan fingerprint density at radius 2 is 2.00 bits per heavy atom. The molecule has 2 aromatic rings. The summed E-state index contributed by atoms with van der Waals surface area (Å²) in [6.07, 6.45) is 1.29. The molecule has 1 unspecified atom stereocenters. The highest BCUT2D eigenvalue weighted by Gasteiger charge is 2.22. The van der Waals surface area contributed by atoms with Crippen molar-refractivity contribution in [2.75, 3.05) is 11.5 Å². The fourth-order valence-corrected chi connectivity index (χ4v) is 3.19. The van der Waals surface area contributed by atoms with Crippen LogP contribution in [0.1, 0.15) is 11.1 Å². The van der Waals surface area contributed by atoms with E-state index in [0.29, 0.717) is 0 Å². The summed E-state index contributed by atoms with van der Waals surface area (Å²) in [5.41, 5.74) is 9.13. The number of fused-ring (bicyclic) bond motifs is 1. The number of benzene rings is 2. The number of nitrogen functional groups attached to an aromatic ring is 1. The molecule has 3 heteroatoms. The molecular weight excluding hydrogens is 254 g/mol. The van der Waals surface area contributed by atoms with Gasteiger partial charge in [-0.3, -0.25) is 0 Å². The number of rotatable bonds is 3. The highest BCUT2D eigenvalue weighted by atomic mass is 32.2. The van der Waals surface area contributed by atoms with Crippen LogP contribution in [0.3, 0.4) is 0 Å². The fourth-order valence-electron chi connectivity index (χ4n) is 2.30. The van der Waals surface area contributed by atoms with Crippen molar-refractivity contribution in [2.45, 2.75) is 24.3 Å². The molecule has 1 aliphatic rings. The SMILES string of the molecule is Cc1ccc2c(c1)CC(CSc1ccc(N)cc1)O2. The Morgan fingerprint density at radius 3 is 2.79 bits per heavy atom. The molecule has 0 spiro atoms. The van der Waals surface area contributed by atoms with Gasteiger partial charge in [-0.25, -0.2) is 0 Å². The Hall–Kier alpha value is -1.61. The molecule has 1 atom stereocenters. The number of aryl methyl sites for hydroxylation is 1. The molecule has 2 nitrogen and oxygen atoms in total. The van der Waals surface area contributed by atoms with Gasteiger partial charge in [0.2, 0.25) is 0 Å². The van der Waals surface area contributed by atoms with Crippen LogP contribution >= 0.6 is 11.8 Å². The monoisotopic (exact) mass is 271 g/mol. The van der Waals surface area contributed by atoms with E-state index in [9.17, 15) is 0 Å². The van der Waals surface area contributed by atoms with E-state index in [-0.39, 0.29) is 6.10 Å². The second-order valence-electron chi connectivity index (χ2n) is 4.94. The average Bonchev–Trinajstić information content (AvgIpc) is 2.80. The van der Waals surface area contributed by atoms with E-state index < -0.39 is 0 Å². The highest BCUT2D eigenvalue weighted by Crippen LogP contribution is 2.32. The van der Waals surface area contributed by atoms with Crippen molar-refractivity contribution in [3.05, 3.63) is 53.6 Å². The minimum Gasteiger partial charge on any atom is -0.489 e. The van der Waals surface area contributed by atoms with E-state index in [1.807, 2.05) is 23.9 Å². The lowest BCUT2D eigenvalue weighted by atomic mass is 10.1. The average molecular weight is 271 g/mol. The lowest BCUT2D eigenvalue weighted by molar-refractivity contribution is 0.259. The number of nitrogens with two attached hydrogens (primary N) is 1. The van der Waals surface area contributed by atoms with Gasteiger partial charge in [-0.15, -0.1) is 11.8 Å². The summed E-state index contributed by atoms with van der Waals surface area (Å²) < 4.78 is 5.96. The van der Waals surface area contributed by atoms with Gasteiger partial charge >= 0.3 is 0 Å². The van der Waals surface area contributed by atoms with Gasteiger partial charge in [0.15, 0.2) is 0 Å². The van der Waals surface area contributed by atoms with Crippen molar-refractivity contribution in [2.24, 2.45) is 0 Å². The van der Waals surface area contributed by atoms with E-state index >= 15 is 0 Å². The summed E-state index contributed by atoms with van der Waals surface area (Å²) in [5, 5.41) is 0. The van der Waals surface area contributed by atoms with Crippen molar-refractivity contribution in [1.29, 1.82) is 0 Å². The topological polar surface area (TPSA) is 35.2 Å². The molecule has 0 saturated heterocycles. The molecule has 2 N–H and O–H groups in total. The standard InChI is InChI=1S/C16H17NOS/c1-11-2-7-16-12(8-11)9-14(18-16)10-19-15-5-3-13(17)4-6-15/h2-8,14H,9-10,17H2,1H3. The lowest BCUT2D eigenvalue weighted by Gasteiger charge is -2.10. The molecule has 98 valence electrons. The van der Waals surface area contributed by atoms with Crippen LogP contribution in [0.15, 0.2) is 47.4 Å². The third-order valence-corrected chi connectivity index (χ3v) is 4.42. The first kappa shape index (κ1) is 12.4. The van der Waals surface area contributed by atoms with Crippen molar-refractivity contribution in [3.8, 4) is 5.75 Å². The first-order chi connectivity index (χ1) is 9.20. The molecule has 0 aromatic heterocycles. The van der Waals surface area contributed by atoms with Crippen LogP contribution in [0.25, 0.3) is 0 Å². The fraction of sp³-hybridized carbons (Fsp3) is 0.250. The van der Waals surface area contributed by atoms with Gasteiger partial charge in [0.1, 0.15) is 11.9 Å². The van der Waals surface area contributed by atoms with Crippen LogP contribution in [-0.2, 0) is 6.42 Å². The molecule has 0 radical (unpaired) electrons. The summed E-state index contributed by atoms with van der Waals surface area (Å²) in [4.78, 5) is 1.24. The second kappa shape index (κ2) is 5.17. The van der Waals surface area contributed by atoms with Crippen LogP contribution in [-0.4, -0.2) is 11.9 Å². The molecule has 0 bridgehead atoms. The van der Waals surface area contributed by atoms with Crippen molar-refractivity contribution >= 4 is 17.4 Å². The maximum Gasteiger partial charge on any atom is 0.123 e. The Bertz CT molecular complexity index is 580. The zero-order chi connectivity index (χ0) is 13.2. The molecule has 3 rings (SSSR count). The minimum absolute atomic E-state index is 0.277. The molecule has 2 aromatic carbocycles. The zero-order valence-electron chi connectivity index (χ0n) is 10.9. The van der Waals surface area contributed by atoms with E-state index in [2.05, 4.69) is 37.3 Å². The van der Waals surface area contributed by atoms with Crippen LogP contribution in [0.2, 0.25) is 0 Å². The quantitative estimate of drug-likeness (QED) is 0.683. The van der Waals surface area contributed by atoms with Crippen molar-refractivity contribution < 1.29 is 4.74 Å². The second-order valence-corrected chi connectivity index (χ2v) is 6.03.